The van der Waals surface area contributed by atoms with Crippen molar-refractivity contribution >= 4 is 16.1 Å². The molecule has 12 heteroatoms. The zero-order valence-corrected chi connectivity index (χ0v) is 15.4. The highest BCUT2D eigenvalue weighted by molar-refractivity contribution is 7.85. The van der Waals surface area contributed by atoms with Gasteiger partial charge in [0.1, 0.15) is 5.75 Å². The van der Waals surface area contributed by atoms with Crippen LogP contribution in [0.15, 0.2) is 0 Å². The number of alkyl halides is 6. The molecule has 0 saturated heterocycles. The lowest BCUT2D eigenvalue weighted by atomic mass is 9.53. The molecule has 0 aromatic heterocycles. The van der Waals surface area contributed by atoms with Crippen molar-refractivity contribution in [3.8, 4) is 0 Å². The summed E-state index contributed by atoms with van der Waals surface area (Å²) in [6, 6.07) is 0. The van der Waals surface area contributed by atoms with E-state index in [4.69, 9.17) is 4.55 Å². The average Bonchev–Trinajstić information content (AvgIpc) is 2.48. The molecule has 5 atom stereocenters. The second-order valence-electron chi connectivity index (χ2n) is 8.17. The lowest BCUT2D eigenvalue weighted by Crippen LogP contribution is -2.64. The Balaban J connectivity index is 1.95. The molecule has 1 N–H and O–H groups in total. The maximum absolute atomic E-state index is 13.4. The monoisotopic (exact) mass is 438 g/mol. The van der Waals surface area contributed by atoms with Gasteiger partial charge in [0.15, 0.2) is 0 Å². The van der Waals surface area contributed by atoms with Gasteiger partial charge in [-0.15, -0.1) is 0 Å². The third kappa shape index (κ3) is 3.73. The maximum Gasteiger partial charge on any atom is 0.438 e. The highest BCUT2D eigenvalue weighted by Crippen LogP contribution is 2.56. The van der Waals surface area contributed by atoms with E-state index in [1.165, 1.54) is 0 Å². The van der Waals surface area contributed by atoms with E-state index in [1.54, 1.807) is 0 Å². The first-order valence-electron chi connectivity index (χ1n) is 8.96. The third-order valence-electron chi connectivity index (χ3n) is 6.52. The van der Waals surface area contributed by atoms with E-state index in [9.17, 15) is 39.6 Å². The minimum atomic E-state index is -6.28. The van der Waals surface area contributed by atoms with Crippen molar-refractivity contribution in [3.63, 3.8) is 0 Å². The fourth-order valence-electron chi connectivity index (χ4n) is 5.35. The minimum Gasteiger partial charge on any atom is -0.438 e. The van der Waals surface area contributed by atoms with Gasteiger partial charge < -0.3 is 4.74 Å². The van der Waals surface area contributed by atoms with Crippen molar-refractivity contribution < 1.29 is 48.8 Å². The fourth-order valence-corrected chi connectivity index (χ4v) is 6.25. The van der Waals surface area contributed by atoms with Crippen LogP contribution in [0, 0.1) is 29.6 Å². The summed E-state index contributed by atoms with van der Waals surface area (Å²) in [5, 5.41) is 0. The van der Waals surface area contributed by atoms with Gasteiger partial charge in [-0.1, -0.05) is 6.42 Å². The molecule has 162 valence electrons. The molecule has 0 spiro atoms. The van der Waals surface area contributed by atoms with Crippen LogP contribution in [0.2, 0.25) is 0 Å². The maximum atomic E-state index is 13.4. The number of ether oxygens (including phenoxy) is 1. The first-order valence-corrected chi connectivity index (χ1v) is 10.6. The van der Waals surface area contributed by atoms with Gasteiger partial charge in [-0.2, -0.15) is 34.8 Å². The van der Waals surface area contributed by atoms with E-state index < -0.39 is 45.7 Å². The van der Waals surface area contributed by atoms with Gasteiger partial charge in [-0.3, -0.25) is 9.35 Å². The van der Waals surface area contributed by atoms with Gasteiger partial charge in [0, 0.05) is 0 Å². The number of carbonyl (C=O) groups excluding carboxylic acids is 1. The topological polar surface area (TPSA) is 80.7 Å². The summed E-state index contributed by atoms with van der Waals surface area (Å²) >= 11 is 0. The molecule has 0 aliphatic heterocycles. The van der Waals surface area contributed by atoms with Crippen molar-refractivity contribution in [1.29, 1.82) is 0 Å². The summed E-state index contributed by atoms with van der Waals surface area (Å²) in [6.45, 7) is 0. The molecule has 0 amide bonds. The second-order valence-corrected chi connectivity index (χ2v) is 9.62. The number of rotatable bonds is 4. The lowest BCUT2D eigenvalue weighted by molar-refractivity contribution is -0.363. The molecule has 3 rings (SSSR count). The molecule has 3 saturated carbocycles. The Kier molecular flexibility index (Phi) is 5.22. The summed E-state index contributed by atoms with van der Waals surface area (Å²) in [6.07, 6.45) is -8.51. The number of esters is 1. The first kappa shape index (κ1) is 21.7. The van der Waals surface area contributed by atoms with Crippen LogP contribution in [0.3, 0.4) is 0 Å². The summed E-state index contributed by atoms with van der Waals surface area (Å²) < 4.78 is 115. The second kappa shape index (κ2) is 6.75. The van der Waals surface area contributed by atoms with E-state index in [0.717, 1.165) is 19.3 Å². The van der Waals surface area contributed by atoms with Crippen molar-refractivity contribution in [2.75, 3.05) is 5.75 Å². The molecule has 3 bridgehead atoms. The minimum absolute atomic E-state index is 0.0399. The number of carbonyl (C=O) groups is 1. The predicted molar refractivity (Wildman–Crippen MR) is 82.5 cm³/mol. The van der Waals surface area contributed by atoms with Crippen LogP contribution in [0.25, 0.3) is 0 Å². The SMILES string of the molecule is O=C(OC(CS(=O)(=O)O)(C(F)(F)F)C(F)(F)F)C1C2CCC3CCC(C2)CC31. The van der Waals surface area contributed by atoms with Crippen molar-refractivity contribution in [1.82, 2.24) is 0 Å². The molecular formula is C16H20F6O5S. The van der Waals surface area contributed by atoms with Gasteiger partial charge >= 0.3 is 23.9 Å². The zero-order valence-electron chi connectivity index (χ0n) is 14.6. The summed E-state index contributed by atoms with van der Waals surface area (Å²) in [5.41, 5.74) is -5.31. The highest BCUT2D eigenvalue weighted by Gasteiger charge is 2.76. The number of fused-ring (bicyclic) bond motifs is 2. The largest absolute Gasteiger partial charge is 0.438 e. The van der Waals surface area contributed by atoms with Crippen molar-refractivity contribution in [2.45, 2.75) is 56.5 Å². The lowest BCUT2D eigenvalue weighted by Gasteiger charge is -2.52. The molecule has 3 fully saturated rings. The predicted octanol–water partition coefficient (Wildman–Crippen LogP) is 3.74. The normalized spacial score (nSPS) is 33.6. The van der Waals surface area contributed by atoms with Crippen LogP contribution < -0.4 is 0 Å². The van der Waals surface area contributed by atoms with Crippen molar-refractivity contribution in [2.24, 2.45) is 29.6 Å². The smallest absolute Gasteiger partial charge is 0.438 e. The molecule has 5 nitrogen and oxygen atoms in total. The number of hydrogen-bond acceptors (Lipinski definition) is 4. The van der Waals surface area contributed by atoms with Crippen LogP contribution >= 0.6 is 0 Å². The van der Waals surface area contributed by atoms with Gasteiger partial charge in [0.05, 0.1) is 5.92 Å². The zero-order chi connectivity index (χ0) is 21.1. The Hall–Kier alpha value is -1.04. The Bertz CT molecular complexity index is 713. The molecule has 28 heavy (non-hydrogen) atoms. The Morgan fingerprint density at radius 2 is 1.46 bits per heavy atom. The molecule has 5 unspecified atom stereocenters. The highest BCUT2D eigenvalue weighted by atomic mass is 32.2. The average molecular weight is 438 g/mol. The van der Waals surface area contributed by atoms with Gasteiger partial charge in [-0.05, 0) is 55.8 Å². The Labute approximate surface area is 157 Å². The molecule has 0 heterocycles. The van der Waals surface area contributed by atoms with E-state index in [-0.39, 0.29) is 17.8 Å². The number of hydrogen-bond donors (Lipinski definition) is 1. The van der Waals surface area contributed by atoms with Crippen LogP contribution in [0.4, 0.5) is 26.3 Å². The van der Waals surface area contributed by atoms with E-state index >= 15 is 0 Å². The van der Waals surface area contributed by atoms with Crippen LogP contribution in [-0.4, -0.2) is 42.6 Å². The quantitative estimate of drug-likeness (QED) is 0.411. The van der Waals surface area contributed by atoms with Gasteiger partial charge in [0.2, 0.25) is 0 Å². The summed E-state index contributed by atoms with van der Waals surface area (Å²) in [5.74, 6) is -6.03. The third-order valence-corrected chi connectivity index (χ3v) is 7.29. The van der Waals surface area contributed by atoms with Crippen molar-refractivity contribution in [3.05, 3.63) is 0 Å². The van der Waals surface area contributed by atoms with Gasteiger partial charge in [0.25, 0.3) is 10.1 Å². The summed E-state index contributed by atoms with van der Waals surface area (Å²) in [7, 11) is -5.77. The standard InChI is InChI=1S/C16H20F6O5S/c17-15(18,19)14(16(20,21)22,7-28(24,25)26)27-13(23)12-10-4-3-9-2-1-8(5-10)6-11(9)12/h8-12H,1-7H2,(H,24,25,26). The van der Waals surface area contributed by atoms with Crippen LogP contribution in [0.5, 0.6) is 0 Å². The molecule has 0 aromatic rings. The molecule has 3 aliphatic carbocycles. The Morgan fingerprint density at radius 3 is 2.00 bits per heavy atom. The first-order chi connectivity index (χ1) is 12.6. The molecule has 0 radical (unpaired) electrons. The van der Waals surface area contributed by atoms with E-state index in [2.05, 4.69) is 4.74 Å². The van der Waals surface area contributed by atoms with Crippen LogP contribution in [0.1, 0.15) is 38.5 Å². The molecule has 0 aromatic carbocycles. The fraction of sp³-hybridized carbons (Fsp3) is 0.938. The number of halogens is 6. The Morgan fingerprint density at radius 1 is 0.929 bits per heavy atom. The molecular weight excluding hydrogens is 418 g/mol. The summed E-state index contributed by atoms with van der Waals surface area (Å²) in [4.78, 5) is 12.6. The van der Waals surface area contributed by atoms with E-state index in [1.807, 2.05) is 0 Å². The molecule has 3 aliphatic rings. The van der Waals surface area contributed by atoms with Gasteiger partial charge in [-0.25, -0.2) is 0 Å². The van der Waals surface area contributed by atoms with Crippen LogP contribution in [-0.2, 0) is 19.6 Å². The van der Waals surface area contributed by atoms with E-state index in [0.29, 0.717) is 25.2 Å².